The van der Waals surface area contributed by atoms with Crippen LogP contribution in [0.2, 0.25) is 0 Å². The Morgan fingerprint density at radius 1 is 1.18 bits per heavy atom. The third-order valence-electron chi connectivity index (χ3n) is 2.31. The van der Waals surface area contributed by atoms with Crippen molar-refractivity contribution >= 4 is 19.7 Å². The normalized spacial score (nSPS) is 12.0. The van der Waals surface area contributed by atoms with Gasteiger partial charge in [0, 0.05) is 30.5 Å². The molecule has 0 bridgehead atoms. The van der Waals surface area contributed by atoms with Crippen LogP contribution in [0.5, 0.6) is 0 Å². The Bertz CT molecular complexity index is 437. The van der Waals surface area contributed by atoms with E-state index in [9.17, 15) is 8.42 Å². The van der Waals surface area contributed by atoms with Crippen LogP contribution in [0.3, 0.4) is 0 Å². The van der Waals surface area contributed by atoms with Crippen LogP contribution in [0, 0.1) is 0 Å². The van der Waals surface area contributed by atoms with Gasteiger partial charge < -0.3 is 9.47 Å². The SMILES string of the molecule is COC(OC)c1ccc(CCS(=O)(=O)Cl)cc1. The summed E-state index contributed by atoms with van der Waals surface area (Å²) in [6, 6.07) is 7.35. The van der Waals surface area contributed by atoms with Crippen molar-refractivity contribution in [2.24, 2.45) is 0 Å². The summed E-state index contributed by atoms with van der Waals surface area (Å²) in [5.74, 6) is -0.0636. The van der Waals surface area contributed by atoms with Gasteiger partial charge in [-0.3, -0.25) is 0 Å². The zero-order valence-electron chi connectivity index (χ0n) is 9.72. The lowest BCUT2D eigenvalue weighted by Crippen LogP contribution is -2.04. The standard InChI is InChI=1S/C11H15ClO4S/c1-15-11(16-2)10-5-3-9(4-6-10)7-8-17(12,13)14/h3-6,11H,7-8H2,1-2H3. The molecule has 0 saturated carbocycles. The highest BCUT2D eigenvalue weighted by atomic mass is 35.7. The fourth-order valence-electron chi connectivity index (χ4n) is 1.45. The van der Waals surface area contributed by atoms with Gasteiger partial charge in [0.25, 0.3) is 0 Å². The summed E-state index contributed by atoms with van der Waals surface area (Å²) < 4.78 is 31.8. The first-order valence-electron chi connectivity index (χ1n) is 5.03. The number of hydrogen-bond acceptors (Lipinski definition) is 4. The molecule has 0 aliphatic rings. The summed E-state index contributed by atoms with van der Waals surface area (Å²) in [4.78, 5) is 0. The van der Waals surface area contributed by atoms with Gasteiger partial charge in [-0.05, 0) is 12.0 Å². The molecule has 0 amide bonds. The molecule has 96 valence electrons. The highest BCUT2D eigenvalue weighted by Crippen LogP contribution is 2.18. The van der Waals surface area contributed by atoms with Crippen molar-refractivity contribution in [3.05, 3.63) is 35.4 Å². The molecule has 0 aliphatic carbocycles. The molecule has 0 heterocycles. The first kappa shape index (κ1) is 14.4. The molecule has 0 fully saturated rings. The van der Waals surface area contributed by atoms with Crippen molar-refractivity contribution in [3.8, 4) is 0 Å². The summed E-state index contributed by atoms with van der Waals surface area (Å²) in [6.07, 6.45) is -0.00248. The number of rotatable bonds is 6. The van der Waals surface area contributed by atoms with E-state index < -0.39 is 15.3 Å². The van der Waals surface area contributed by atoms with Crippen LogP contribution in [0.4, 0.5) is 0 Å². The minimum atomic E-state index is -3.44. The summed E-state index contributed by atoms with van der Waals surface area (Å²) in [5, 5.41) is 0. The average molecular weight is 279 g/mol. The predicted octanol–water partition coefficient (Wildman–Crippen LogP) is 2.09. The molecule has 0 unspecified atom stereocenters. The highest BCUT2D eigenvalue weighted by Gasteiger charge is 2.09. The van der Waals surface area contributed by atoms with Crippen LogP contribution in [0.15, 0.2) is 24.3 Å². The van der Waals surface area contributed by atoms with Gasteiger partial charge in [0.1, 0.15) is 0 Å². The molecule has 0 aliphatic heterocycles. The summed E-state index contributed by atoms with van der Waals surface area (Å²) in [6.45, 7) is 0. The van der Waals surface area contributed by atoms with E-state index in [0.29, 0.717) is 6.42 Å². The Morgan fingerprint density at radius 2 is 1.71 bits per heavy atom. The minimum absolute atomic E-state index is 0.0636. The van der Waals surface area contributed by atoms with E-state index in [1.54, 1.807) is 14.2 Å². The van der Waals surface area contributed by atoms with Crippen LogP contribution in [0.25, 0.3) is 0 Å². The predicted molar refractivity (Wildman–Crippen MR) is 66.5 cm³/mol. The van der Waals surface area contributed by atoms with Gasteiger partial charge in [-0.15, -0.1) is 0 Å². The van der Waals surface area contributed by atoms with Crippen LogP contribution < -0.4 is 0 Å². The van der Waals surface area contributed by atoms with Crippen molar-refractivity contribution in [1.82, 2.24) is 0 Å². The maximum absolute atomic E-state index is 10.8. The van der Waals surface area contributed by atoms with E-state index in [2.05, 4.69) is 0 Å². The lowest BCUT2D eigenvalue weighted by atomic mass is 10.1. The number of benzene rings is 1. The molecular formula is C11H15ClO4S. The van der Waals surface area contributed by atoms with Gasteiger partial charge in [0.05, 0.1) is 5.75 Å². The molecule has 0 aromatic heterocycles. The van der Waals surface area contributed by atoms with E-state index >= 15 is 0 Å². The van der Waals surface area contributed by atoms with Crippen molar-refractivity contribution in [2.45, 2.75) is 12.7 Å². The third kappa shape index (κ3) is 5.04. The van der Waals surface area contributed by atoms with Crippen LogP contribution in [0.1, 0.15) is 17.4 Å². The Kier molecular flexibility index (Phi) is 5.39. The molecular weight excluding hydrogens is 264 g/mol. The molecule has 1 aromatic rings. The second-order valence-electron chi connectivity index (χ2n) is 3.54. The lowest BCUT2D eigenvalue weighted by molar-refractivity contribution is -0.106. The molecule has 0 atom stereocenters. The topological polar surface area (TPSA) is 52.6 Å². The fraction of sp³-hybridized carbons (Fsp3) is 0.455. The van der Waals surface area contributed by atoms with Gasteiger partial charge in [-0.25, -0.2) is 8.42 Å². The second-order valence-corrected chi connectivity index (χ2v) is 6.43. The van der Waals surface area contributed by atoms with E-state index in [0.717, 1.165) is 11.1 Å². The lowest BCUT2D eigenvalue weighted by Gasteiger charge is -2.13. The maximum atomic E-state index is 10.8. The van der Waals surface area contributed by atoms with Crippen LogP contribution in [-0.2, 0) is 24.9 Å². The highest BCUT2D eigenvalue weighted by molar-refractivity contribution is 8.13. The van der Waals surface area contributed by atoms with E-state index in [1.165, 1.54) is 0 Å². The number of aryl methyl sites for hydroxylation is 1. The first-order chi connectivity index (χ1) is 7.96. The Balaban J connectivity index is 2.68. The number of hydrogen-bond donors (Lipinski definition) is 0. The molecule has 0 saturated heterocycles. The van der Waals surface area contributed by atoms with Crippen molar-refractivity contribution in [1.29, 1.82) is 0 Å². The first-order valence-corrected chi connectivity index (χ1v) is 7.51. The van der Waals surface area contributed by atoms with Gasteiger partial charge in [0.15, 0.2) is 6.29 Å². The van der Waals surface area contributed by atoms with Gasteiger partial charge in [-0.2, -0.15) is 0 Å². The summed E-state index contributed by atoms with van der Waals surface area (Å²) in [5.41, 5.74) is 1.79. The maximum Gasteiger partial charge on any atom is 0.232 e. The zero-order chi connectivity index (χ0) is 12.9. The largest absolute Gasteiger partial charge is 0.352 e. The van der Waals surface area contributed by atoms with E-state index in [-0.39, 0.29) is 5.75 Å². The van der Waals surface area contributed by atoms with Gasteiger partial charge >= 0.3 is 0 Å². The molecule has 0 N–H and O–H groups in total. The Labute approximate surface area is 106 Å². The van der Waals surface area contributed by atoms with Crippen molar-refractivity contribution in [3.63, 3.8) is 0 Å². The smallest absolute Gasteiger partial charge is 0.232 e. The molecule has 4 nitrogen and oxygen atoms in total. The average Bonchev–Trinajstić information content (AvgIpc) is 2.29. The third-order valence-corrected chi connectivity index (χ3v) is 3.47. The monoisotopic (exact) mass is 278 g/mol. The molecule has 6 heteroatoms. The molecule has 1 rings (SSSR count). The number of halogens is 1. The molecule has 0 radical (unpaired) electrons. The number of ether oxygens (including phenoxy) is 2. The van der Waals surface area contributed by atoms with Gasteiger partial charge in [-0.1, -0.05) is 24.3 Å². The zero-order valence-corrected chi connectivity index (χ0v) is 11.3. The minimum Gasteiger partial charge on any atom is -0.352 e. The molecule has 1 aromatic carbocycles. The number of methoxy groups -OCH3 is 2. The van der Waals surface area contributed by atoms with Crippen LogP contribution >= 0.6 is 10.7 Å². The van der Waals surface area contributed by atoms with Gasteiger partial charge in [0.2, 0.25) is 9.05 Å². The summed E-state index contributed by atoms with van der Waals surface area (Å²) >= 11 is 0. The van der Waals surface area contributed by atoms with Crippen LogP contribution in [-0.4, -0.2) is 28.4 Å². The Hall–Kier alpha value is -0.620. The quantitative estimate of drug-likeness (QED) is 0.591. The van der Waals surface area contributed by atoms with E-state index in [1.807, 2.05) is 24.3 Å². The summed E-state index contributed by atoms with van der Waals surface area (Å²) in [7, 11) is 4.82. The van der Waals surface area contributed by atoms with Crippen molar-refractivity contribution < 1.29 is 17.9 Å². The Morgan fingerprint density at radius 3 is 2.12 bits per heavy atom. The van der Waals surface area contributed by atoms with E-state index in [4.69, 9.17) is 20.2 Å². The van der Waals surface area contributed by atoms with Crippen molar-refractivity contribution in [2.75, 3.05) is 20.0 Å². The molecule has 0 spiro atoms. The molecule has 17 heavy (non-hydrogen) atoms. The fourth-order valence-corrected chi connectivity index (χ4v) is 2.16. The second kappa shape index (κ2) is 6.35.